The van der Waals surface area contributed by atoms with Gasteiger partial charge in [-0.05, 0) is 54.9 Å². The number of halogens is 2. The van der Waals surface area contributed by atoms with Crippen molar-refractivity contribution in [2.75, 3.05) is 12.4 Å². The van der Waals surface area contributed by atoms with E-state index in [1.807, 2.05) is 0 Å². The lowest BCUT2D eigenvalue weighted by molar-refractivity contribution is -0.116. The van der Waals surface area contributed by atoms with Crippen molar-refractivity contribution in [3.8, 4) is 0 Å². The van der Waals surface area contributed by atoms with Gasteiger partial charge in [-0.2, -0.15) is 0 Å². The first-order valence-electron chi connectivity index (χ1n) is 6.63. The highest BCUT2D eigenvalue weighted by Crippen LogP contribution is 2.32. The Hall–Kier alpha value is -1.85. The first kappa shape index (κ1) is 14.1. The van der Waals surface area contributed by atoms with Crippen LogP contribution in [-0.4, -0.2) is 13.0 Å². The van der Waals surface area contributed by atoms with Crippen molar-refractivity contribution in [3.05, 3.63) is 52.2 Å². The molecule has 4 nitrogen and oxygen atoms in total. The summed E-state index contributed by atoms with van der Waals surface area (Å²) in [7, 11) is 1.72. The maximum Gasteiger partial charge on any atom is 0.224 e. The summed E-state index contributed by atoms with van der Waals surface area (Å²) in [6.07, 6.45) is 1.01. The van der Waals surface area contributed by atoms with Gasteiger partial charge in [0.2, 0.25) is 5.91 Å². The van der Waals surface area contributed by atoms with Crippen LogP contribution in [0.15, 0.2) is 28.7 Å². The van der Waals surface area contributed by atoms with E-state index in [4.69, 9.17) is 16.0 Å². The number of carbonyl (C=O) groups excluding carboxylic acids is 1. The predicted molar refractivity (Wildman–Crippen MR) is 78.0 cm³/mol. The van der Waals surface area contributed by atoms with Gasteiger partial charge in [0, 0.05) is 17.7 Å². The Morgan fingerprint density at radius 3 is 2.86 bits per heavy atom. The number of hydrogen-bond donors (Lipinski definition) is 2. The molecule has 2 heterocycles. The molecule has 21 heavy (non-hydrogen) atoms. The predicted octanol–water partition coefficient (Wildman–Crippen LogP) is 3.27. The molecule has 2 N–H and O–H groups in total. The second-order valence-electron chi connectivity index (χ2n) is 4.94. The molecule has 1 aromatic heterocycles. The monoisotopic (exact) mass is 308 g/mol. The zero-order valence-electron chi connectivity index (χ0n) is 11.4. The molecule has 0 bridgehead atoms. The second kappa shape index (κ2) is 5.50. The number of rotatable bonds is 3. The molecule has 3 rings (SSSR count). The van der Waals surface area contributed by atoms with Crippen molar-refractivity contribution >= 4 is 23.2 Å². The van der Waals surface area contributed by atoms with Gasteiger partial charge in [-0.15, -0.1) is 0 Å². The van der Waals surface area contributed by atoms with Gasteiger partial charge in [0.1, 0.15) is 11.6 Å². The van der Waals surface area contributed by atoms with E-state index < -0.39 is 11.9 Å². The molecule has 0 aliphatic carbocycles. The maximum absolute atomic E-state index is 14.4. The number of benzene rings is 1. The molecular weight excluding hydrogens is 295 g/mol. The molecule has 6 heteroatoms. The molecule has 0 saturated heterocycles. The molecule has 1 aromatic carbocycles. The Kier molecular flexibility index (Phi) is 3.69. The van der Waals surface area contributed by atoms with E-state index in [1.165, 1.54) is 6.07 Å². The largest absolute Gasteiger partial charge is 0.448 e. The van der Waals surface area contributed by atoms with Crippen LogP contribution in [0.3, 0.4) is 0 Å². The summed E-state index contributed by atoms with van der Waals surface area (Å²) in [5.74, 6) is 0.0571. The summed E-state index contributed by atoms with van der Waals surface area (Å²) in [6, 6.07) is 6.03. The standard InChI is InChI=1S/C15H14ClFN2O2/c1-18-15(12-3-4-13(16)21-12)9-6-8-2-5-14(20)19-11(8)7-10(9)17/h3-4,6-7,15,18H,2,5H2,1H3,(H,19,20). The zero-order chi connectivity index (χ0) is 15.0. The fourth-order valence-corrected chi connectivity index (χ4v) is 2.73. The Morgan fingerprint density at radius 2 is 2.19 bits per heavy atom. The average molecular weight is 309 g/mol. The second-order valence-corrected chi connectivity index (χ2v) is 5.32. The van der Waals surface area contributed by atoms with Crippen LogP contribution in [0.5, 0.6) is 0 Å². The topological polar surface area (TPSA) is 54.3 Å². The summed E-state index contributed by atoms with van der Waals surface area (Å²) >= 11 is 5.78. The van der Waals surface area contributed by atoms with Crippen LogP contribution >= 0.6 is 11.6 Å². The molecule has 110 valence electrons. The molecule has 0 fully saturated rings. The minimum atomic E-state index is -0.430. The molecule has 1 atom stereocenters. The van der Waals surface area contributed by atoms with Crippen molar-refractivity contribution in [1.82, 2.24) is 5.32 Å². The van der Waals surface area contributed by atoms with E-state index in [0.29, 0.717) is 29.9 Å². The molecule has 1 unspecified atom stereocenters. The van der Waals surface area contributed by atoms with Crippen molar-refractivity contribution in [2.24, 2.45) is 0 Å². The van der Waals surface area contributed by atoms with Gasteiger partial charge in [-0.1, -0.05) is 0 Å². The number of hydrogen-bond acceptors (Lipinski definition) is 3. The minimum Gasteiger partial charge on any atom is -0.448 e. The molecule has 1 aliphatic rings. The van der Waals surface area contributed by atoms with E-state index in [2.05, 4.69) is 10.6 Å². The lowest BCUT2D eigenvalue weighted by Gasteiger charge is -2.21. The summed E-state index contributed by atoms with van der Waals surface area (Å²) < 4.78 is 19.7. The quantitative estimate of drug-likeness (QED) is 0.915. The SMILES string of the molecule is CNC(c1ccc(Cl)o1)c1cc2c(cc1F)NC(=O)CC2. The Bertz CT molecular complexity index is 699. The van der Waals surface area contributed by atoms with Crippen LogP contribution in [-0.2, 0) is 11.2 Å². The Labute approximate surface area is 126 Å². The summed E-state index contributed by atoms with van der Waals surface area (Å²) in [5, 5.41) is 5.97. The summed E-state index contributed by atoms with van der Waals surface area (Å²) in [5.41, 5.74) is 1.93. The zero-order valence-corrected chi connectivity index (χ0v) is 12.1. The fraction of sp³-hybridized carbons (Fsp3) is 0.267. The van der Waals surface area contributed by atoms with Gasteiger partial charge in [-0.25, -0.2) is 4.39 Å². The number of nitrogens with one attached hydrogen (secondary N) is 2. The third-order valence-electron chi connectivity index (χ3n) is 3.60. The molecule has 1 amide bonds. The highest BCUT2D eigenvalue weighted by molar-refractivity contribution is 6.28. The van der Waals surface area contributed by atoms with Gasteiger partial charge in [-0.3, -0.25) is 4.79 Å². The van der Waals surface area contributed by atoms with Gasteiger partial charge < -0.3 is 15.1 Å². The fourth-order valence-electron chi connectivity index (χ4n) is 2.58. The van der Waals surface area contributed by atoms with E-state index in [0.717, 1.165) is 5.56 Å². The van der Waals surface area contributed by atoms with Crippen LogP contribution in [0.4, 0.5) is 10.1 Å². The van der Waals surface area contributed by atoms with Gasteiger partial charge >= 0.3 is 0 Å². The molecular formula is C15H14ClFN2O2. The van der Waals surface area contributed by atoms with Crippen LogP contribution < -0.4 is 10.6 Å². The van der Waals surface area contributed by atoms with Gasteiger partial charge in [0.05, 0.1) is 6.04 Å². The Balaban J connectivity index is 2.03. The summed E-state index contributed by atoms with van der Waals surface area (Å²) in [4.78, 5) is 11.4. The molecule has 2 aromatic rings. The normalized spacial score (nSPS) is 15.5. The van der Waals surface area contributed by atoms with Crippen LogP contribution in [0.25, 0.3) is 0 Å². The van der Waals surface area contributed by atoms with Gasteiger partial charge in [0.15, 0.2) is 5.22 Å². The van der Waals surface area contributed by atoms with Crippen LogP contribution in [0.1, 0.15) is 29.3 Å². The number of carbonyl (C=O) groups is 1. The molecule has 1 aliphatic heterocycles. The summed E-state index contributed by atoms with van der Waals surface area (Å²) in [6.45, 7) is 0. The first-order valence-corrected chi connectivity index (χ1v) is 7.01. The van der Waals surface area contributed by atoms with E-state index >= 15 is 0 Å². The molecule has 0 saturated carbocycles. The molecule has 0 spiro atoms. The lowest BCUT2D eigenvalue weighted by atomic mass is 9.95. The molecule has 0 radical (unpaired) electrons. The van der Waals surface area contributed by atoms with Crippen LogP contribution in [0.2, 0.25) is 5.22 Å². The van der Waals surface area contributed by atoms with Gasteiger partial charge in [0.25, 0.3) is 0 Å². The first-order chi connectivity index (χ1) is 10.1. The smallest absolute Gasteiger partial charge is 0.224 e. The van der Waals surface area contributed by atoms with Crippen molar-refractivity contribution < 1.29 is 13.6 Å². The number of anilines is 1. The lowest BCUT2D eigenvalue weighted by Crippen LogP contribution is -2.22. The third-order valence-corrected chi connectivity index (χ3v) is 3.80. The third kappa shape index (κ3) is 2.66. The van der Waals surface area contributed by atoms with E-state index in [-0.39, 0.29) is 11.1 Å². The number of fused-ring (bicyclic) bond motifs is 1. The van der Waals surface area contributed by atoms with E-state index in [1.54, 1.807) is 25.2 Å². The Morgan fingerprint density at radius 1 is 1.38 bits per heavy atom. The van der Waals surface area contributed by atoms with Crippen molar-refractivity contribution in [2.45, 2.75) is 18.9 Å². The van der Waals surface area contributed by atoms with Crippen molar-refractivity contribution in [1.29, 1.82) is 0 Å². The average Bonchev–Trinajstić information content (AvgIpc) is 2.87. The van der Waals surface area contributed by atoms with Crippen LogP contribution in [0, 0.1) is 5.82 Å². The number of furan rings is 1. The number of aryl methyl sites for hydroxylation is 1. The highest BCUT2D eigenvalue weighted by atomic mass is 35.5. The van der Waals surface area contributed by atoms with Crippen molar-refractivity contribution in [3.63, 3.8) is 0 Å². The van der Waals surface area contributed by atoms with E-state index in [9.17, 15) is 9.18 Å². The maximum atomic E-state index is 14.4. The minimum absolute atomic E-state index is 0.0855. The number of amides is 1. The highest BCUT2D eigenvalue weighted by Gasteiger charge is 2.24.